The van der Waals surface area contributed by atoms with Crippen molar-refractivity contribution in [2.24, 2.45) is 0 Å². The number of nitrogens with zero attached hydrogens (tertiary/aromatic N) is 2. The molecule has 0 atom stereocenters. The Balaban J connectivity index is 2.34. The van der Waals surface area contributed by atoms with Crippen molar-refractivity contribution < 1.29 is 0 Å². The van der Waals surface area contributed by atoms with E-state index in [9.17, 15) is 4.79 Å². The Kier molecular flexibility index (Phi) is 3.00. The van der Waals surface area contributed by atoms with Crippen LogP contribution < -0.4 is 10.9 Å². The largest absolute Gasteiger partial charge is 0.373 e. The van der Waals surface area contributed by atoms with Crippen molar-refractivity contribution in [1.82, 2.24) is 9.55 Å². The third kappa shape index (κ3) is 2.11. The molecule has 16 heavy (non-hydrogen) atoms. The fraction of sp³-hybridized carbons (Fsp3) is 0.167. The van der Waals surface area contributed by atoms with Crippen LogP contribution in [-0.2, 0) is 6.54 Å². The molecule has 2 aromatic rings. The monoisotopic (exact) mass is 215 g/mol. The molecular weight excluding hydrogens is 202 g/mol. The average molecular weight is 215 g/mol. The highest BCUT2D eigenvalue weighted by Gasteiger charge is 2.02. The van der Waals surface area contributed by atoms with Crippen LogP contribution in [0.15, 0.2) is 47.5 Å². The molecule has 4 heteroatoms. The third-order valence-corrected chi connectivity index (χ3v) is 2.37. The second-order valence-corrected chi connectivity index (χ2v) is 3.43. The molecule has 0 spiro atoms. The zero-order valence-electron chi connectivity index (χ0n) is 9.05. The highest BCUT2D eigenvalue weighted by Crippen LogP contribution is 2.11. The van der Waals surface area contributed by atoms with Gasteiger partial charge >= 0.3 is 0 Å². The van der Waals surface area contributed by atoms with Gasteiger partial charge in [0.05, 0.1) is 6.54 Å². The summed E-state index contributed by atoms with van der Waals surface area (Å²) in [7, 11) is 1.82. The van der Waals surface area contributed by atoms with Crippen LogP contribution in [0.5, 0.6) is 0 Å². The minimum Gasteiger partial charge on any atom is -0.373 e. The molecule has 0 saturated carbocycles. The Hall–Kier alpha value is -2.10. The lowest BCUT2D eigenvalue weighted by Crippen LogP contribution is -2.19. The maximum Gasteiger partial charge on any atom is 0.250 e. The van der Waals surface area contributed by atoms with E-state index in [4.69, 9.17) is 0 Å². The molecule has 82 valence electrons. The molecule has 0 fully saturated rings. The lowest BCUT2D eigenvalue weighted by molar-refractivity contribution is 0.758. The minimum absolute atomic E-state index is 0.00611. The van der Waals surface area contributed by atoms with Crippen molar-refractivity contribution in [2.45, 2.75) is 6.54 Å². The van der Waals surface area contributed by atoms with Gasteiger partial charge in [0.25, 0.3) is 5.56 Å². The molecule has 0 amide bonds. The first-order chi connectivity index (χ1) is 7.81. The summed E-state index contributed by atoms with van der Waals surface area (Å²) in [5.41, 5.74) is 0.992. The molecule has 2 rings (SSSR count). The Morgan fingerprint density at radius 2 is 2.19 bits per heavy atom. The van der Waals surface area contributed by atoms with Crippen LogP contribution in [0.25, 0.3) is 0 Å². The normalized spacial score (nSPS) is 10.1. The van der Waals surface area contributed by atoms with Gasteiger partial charge in [0.1, 0.15) is 5.82 Å². The second kappa shape index (κ2) is 4.61. The average Bonchev–Trinajstić information content (AvgIpc) is 2.33. The summed E-state index contributed by atoms with van der Waals surface area (Å²) >= 11 is 0. The number of hydrogen-bond donors (Lipinski definition) is 1. The summed E-state index contributed by atoms with van der Waals surface area (Å²) in [6.45, 7) is 0.531. The fourth-order valence-corrected chi connectivity index (χ4v) is 1.57. The van der Waals surface area contributed by atoms with Gasteiger partial charge in [0.15, 0.2) is 0 Å². The molecule has 0 saturated heterocycles. The Morgan fingerprint density at radius 3 is 2.94 bits per heavy atom. The highest BCUT2D eigenvalue weighted by atomic mass is 16.1. The minimum atomic E-state index is -0.00611. The molecule has 0 bridgehead atoms. The van der Waals surface area contributed by atoms with Crippen LogP contribution in [0.2, 0.25) is 0 Å². The van der Waals surface area contributed by atoms with Gasteiger partial charge in [0.2, 0.25) is 0 Å². The SMILES string of the molecule is CNc1ncccc1Cn1ccccc1=O. The summed E-state index contributed by atoms with van der Waals surface area (Å²) in [6, 6.07) is 8.95. The van der Waals surface area contributed by atoms with Crippen molar-refractivity contribution in [3.05, 3.63) is 58.6 Å². The summed E-state index contributed by atoms with van der Waals surface area (Å²) in [4.78, 5) is 15.7. The number of hydrogen-bond acceptors (Lipinski definition) is 3. The fourth-order valence-electron chi connectivity index (χ4n) is 1.57. The highest BCUT2D eigenvalue weighted by molar-refractivity contribution is 5.43. The van der Waals surface area contributed by atoms with E-state index in [1.54, 1.807) is 29.1 Å². The Morgan fingerprint density at radius 1 is 1.31 bits per heavy atom. The summed E-state index contributed by atoms with van der Waals surface area (Å²) in [6.07, 6.45) is 3.50. The van der Waals surface area contributed by atoms with Crippen molar-refractivity contribution >= 4 is 5.82 Å². The lowest BCUT2D eigenvalue weighted by atomic mass is 10.2. The molecule has 4 nitrogen and oxygen atoms in total. The van der Waals surface area contributed by atoms with E-state index < -0.39 is 0 Å². The first-order valence-electron chi connectivity index (χ1n) is 5.08. The van der Waals surface area contributed by atoms with E-state index in [0.29, 0.717) is 6.54 Å². The third-order valence-electron chi connectivity index (χ3n) is 2.37. The quantitative estimate of drug-likeness (QED) is 0.840. The van der Waals surface area contributed by atoms with E-state index >= 15 is 0 Å². The van der Waals surface area contributed by atoms with Crippen LogP contribution in [0.4, 0.5) is 5.82 Å². The number of pyridine rings is 2. The Labute approximate surface area is 93.6 Å². The van der Waals surface area contributed by atoms with Gasteiger partial charge < -0.3 is 9.88 Å². The molecule has 0 aromatic carbocycles. The Bertz CT molecular complexity index is 534. The molecule has 1 N–H and O–H groups in total. The number of aromatic nitrogens is 2. The van der Waals surface area contributed by atoms with E-state index in [0.717, 1.165) is 11.4 Å². The van der Waals surface area contributed by atoms with E-state index in [1.165, 1.54) is 0 Å². The molecular formula is C12H13N3O. The van der Waals surface area contributed by atoms with Crippen LogP contribution in [0, 0.1) is 0 Å². The predicted molar refractivity (Wildman–Crippen MR) is 63.6 cm³/mol. The van der Waals surface area contributed by atoms with Gasteiger partial charge in [-0.25, -0.2) is 4.98 Å². The summed E-state index contributed by atoms with van der Waals surface area (Å²) in [5.74, 6) is 0.804. The zero-order valence-corrected chi connectivity index (χ0v) is 9.05. The zero-order chi connectivity index (χ0) is 11.4. The number of nitrogens with one attached hydrogen (secondary N) is 1. The van der Waals surface area contributed by atoms with Crippen LogP contribution in [0.1, 0.15) is 5.56 Å². The molecule has 2 heterocycles. The van der Waals surface area contributed by atoms with Gasteiger partial charge in [-0.15, -0.1) is 0 Å². The molecule has 2 aromatic heterocycles. The predicted octanol–water partition coefficient (Wildman–Crippen LogP) is 1.33. The van der Waals surface area contributed by atoms with Crippen molar-refractivity contribution in [2.75, 3.05) is 12.4 Å². The van der Waals surface area contributed by atoms with Crippen LogP contribution >= 0.6 is 0 Å². The summed E-state index contributed by atoms with van der Waals surface area (Å²) in [5, 5.41) is 3.01. The van der Waals surface area contributed by atoms with E-state index in [2.05, 4.69) is 10.3 Å². The maximum absolute atomic E-state index is 11.5. The van der Waals surface area contributed by atoms with Gasteiger partial charge in [-0.2, -0.15) is 0 Å². The van der Waals surface area contributed by atoms with Crippen molar-refractivity contribution in [1.29, 1.82) is 0 Å². The maximum atomic E-state index is 11.5. The van der Waals surface area contributed by atoms with Gasteiger partial charge in [-0.3, -0.25) is 4.79 Å². The topological polar surface area (TPSA) is 46.9 Å². The smallest absolute Gasteiger partial charge is 0.250 e. The van der Waals surface area contributed by atoms with Crippen LogP contribution in [0.3, 0.4) is 0 Å². The first-order valence-corrected chi connectivity index (χ1v) is 5.08. The van der Waals surface area contributed by atoms with Gasteiger partial charge in [-0.1, -0.05) is 12.1 Å². The van der Waals surface area contributed by atoms with Gasteiger partial charge in [-0.05, 0) is 12.1 Å². The standard InChI is InChI=1S/C12H13N3O/c1-13-12-10(5-4-7-14-12)9-15-8-3-2-6-11(15)16/h2-8H,9H2,1H3,(H,13,14). The van der Waals surface area contributed by atoms with Crippen molar-refractivity contribution in [3.8, 4) is 0 Å². The number of rotatable bonds is 3. The molecule has 0 aliphatic heterocycles. The molecule has 0 aliphatic rings. The lowest BCUT2D eigenvalue weighted by Gasteiger charge is -2.09. The van der Waals surface area contributed by atoms with Gasteiger partial charge in [0, 0.05) is 31.1 Å². The second-order valence-electron chi connectivity index (χ2n) is 3.43. The molecule has 0 radical (unpaired) electrons. The van der Waals surface area contributed by atoms with E-state index in [-0.39, 0.29) is 5.56 Å². The number of anilines is 1. The van der Waals surface area contributed by atoms with Crippen molar-refractivity contribution in [3.63, 3.8) is 0 Å². The van der Waals surface area contributed by atoms with Crippen LogP contribution in [-0.4, -0.2) is 16.6 Å². The molecule has 0 unspecified atom stereocenters. The van der Waals surface area contributed by atoms with E-state index in [1.807, 2.05) is 25.2 Å². The first kappa shape index (κ1) is 10.4. The summed E-state index contributed by atoms with van der Waals surface area (Å²) < 4.78 is 1.65. The molecule has 0 aliphatic carbocycles.